The summed E-state index contributed by atoms with van der Waals surface area (Å²) in [6.07, 6.45) is -1.89. The summed E-state index contributed by atoms with van der Waals surface area (Å²) in [4.78, 5) is 137. The molecule has 2 aliphatic heterocycles. The Hall–Kier alpha value is -10.3. The molecule has 8 N–H and O–H groups in total. The van der Waals surface area contributed by atoms with Crippen molar-refractivity contribution in [2.75, 3.05) is 45.3 Å². The molecule has 2 atom stereocenters. The fraction of sp³-hybridized carbons (Fsp3) is 0.125. The lowest BCUT2D eigenvalue weighted by Crippen LogP contribution is -2.29. The largest absolute Gasteiger partial charge is 0.614 e. The maximum Gasteiger partial charge on any atom is 0.614 e. The molecule has 0 aliphatic carbocycles. The molecule has 0 fully saturated rings. The molecular formula is C64H48Cl2N6O21P2+2. The van der Waals surface area contributed by atoms with Crippen molar-refractivity contribution in [3.05, 3.63) is 212 Å². The Bertz CT molecular complexity index is 4680. The molecule has 8 aromatic carbocycles. The Morgan fingerprint density at radius 2 is 0.916 bits per heavy atom. The van der Waals surface area contributed by atoms with Crippen LogP contribution in [0.25, 0.3) is 66.1 Å². The Labute approximate surface area is 545 Å². The Balaban J connectivity index is 0.706. The first kappa shape index (κ1) is 63.5. The van der Waals surface area contributed by atoms with E-state index in [1.54, 1.807) is 84.9 Å². The van der Waals surface area contributed by atoms with E-state index in [-0.39, 0.29) is 70.7 Å². The molecule has 2 aliphatic rings. The number of carbonyl (C=O) groups is 4. The summed E-state index contributed by atoms with van der Waals surface area (Å²) in [5.41, 5.74) is 4.09. The standard InChI is InChI=1S/C64H46Cl2N6O21P2/c65-27-39-29-69(49-25-45(41-5-1-3-7-43(41)59(39)49)67-63(75)87-31-33-9-13-47(71(77)78)55(19-33)92-94(81,82)83)61(73)57-23-37-21-35(11-15-53(37)90-57)51-17-18-52(89-51)36-12-16-54-38(22-36)24-58(91-54)62(74)70-30-40(28-66)60-44-8-4-2-6-42(44)46(26-50(60)70)68-64(76)88-32-34-10-14-48(72(79)80)56(20-34)93-95(84,85)86/h1-26,39-40,81-86H,27-32H2/p+2. The van der Waals surface area contributed by atoms with Crippen molar-refractivity contribution in [2.45, 2.75) is 25.0 Å². The molecule has 0 saturated carbocycles. The van der Waals surface area contributed by atoms with Gasteiger partial charge in [0.2, 0.25) is 0 Å². The van der Waals surface area contributed by atoms with Crippen LogP contribution in [-0.2, 0) is 22.7 Å². The van der Waals surface area contributed by atoms with Crippen LogP contribution in [0, 0.1) is 20.2 Å². The number of benzene rings is 8. The third-order valence-electron chi connectivity index (χ3n) is 15.9. The number of rotatable bonds is 18. The lowest BCUT2D eigenvalue weighted by atomic mass is 9.95. The first-order valence-electron chi connectivity index (χ1n) is 28.5. The average Bonchev–Trinajstić information content (AvgIpc) is 1.62. The fourth-order valence-electron chi connectivity index (χ4n) is 11.9. The molecule has 27 nitrogen and oxygen atoms in total. The molecule has 2 unspecified atom stereocenters. The van der Waals surface area contributed by atoms with Gasteiger partial charge in [-0.3, -0.25) is 49.5 Å². The highest BCUT2D eigenvalue weighted by Crippen LogP contribution is 2.52. The number of nitro benzene ring substituents is 2. The Morgan fingerprint density at radius 3 is 1.29 bits per heavy atom. The second-order valence-electron chi connectivity index (χ2n) is 22.0. The van der Waals surface area contributed by atoms with Crippen molar-refractivity contribution in [1.29, 1.82) is 0 Å². The van der Waals surface area contributed by atoms with E-state index in [1.165, 1.54) is 21.9 Å². The normalized spacial score (nSPS) is 14.5. The smallest absolute Gasteiger partial charge is 0.456 e. The number of halogens is 2. The van der Waals surface area contributed by atoms with E-state index in [9.17, 15) is 68.8 Å². The van der Waals surface area contributed by atoms with Crippen LogP contribution >= 0.6 is 39.5 Å². The molecule has 13 rings (SSSR count). The molecule has 95 heavy (non-hydrogen) atoms. The van der Waals surface area contributed by atoms with Crippen molar-refractivity contribution >= 4 is 141 Å². The van der Waals surface area contributed by atoms with Gasteiger partial charge < -0.3 is 32.5 Å². The molecule has 11 aromatic rings. The van der Waals surface area contributed by atoms with Crippen molar-refractivity contribution in [3.8, 4) is 34.1 Å². The summed E-state index contributed by atoms with van der Waals surface area (Å²) in [6, 6.07) is 41.7. The molecular weight excluding hydrogens is 1320 g/mol. The van der Waals surface area contributed by atoms with Crippen LogP contribution in [0.5, 0.6) is 11.5 Å². The zero-order valence-corrected chi connectivity index (χ0v) is 52.0. The van der Waals surface area contributed by atoms with E-state index in [0.717, 1.165) is 35.4 Å². The minimum atomic E-state index is -4.94. The van der Waals surface area contributed by atoms with Gasteiger partial charge in [-0.05, 0) is 130 Å². The number of carbonyl (C=O) groups excluding carboxylic acids is 4. The number of hydrogen-bond donors (Lipinski definition) is 8. The Morgan fingerprint density at radius 1 is 0.516 bits per heavy atom. The van der Waals surface area contributed by atoms with E-state index in [4.69, 9.17) is 45.9 Å². The average molecular weight is 1370 g/mol. The molecule has 0 bridgehead atoms. The van der Waals surface area contributed by atoms with Crippen LogP contribution in [0.2, 0.25) is 0 Å². The first-order chi connectivity index (χ1) is 45.5. The summed E-state index contributed by atoms with van der Waals surface area (Å²) in [5, 5.41) is 32.3. The van der Waals surface area contributed by atoms with Gasteiger partial charge in [-0.2, -0.15) is 29.4 Å². The molecule has 0 radical (unpaired) electrons. The van der Waals surface area contributed by atoms with E-state index >= 15 is 0 Å². The first-order valence-corrected chi connectivity index (χ1v) is 32.7. The minimum absolute atomic E-state index is 0.0161. The molecule has 3 aromatic heterocycles. The quantitative estimate of drug-likeness (QED) is 0.0171. The third kappa shape index (κ3) is 12.8. The van der Waals surface area contributed by atoms with Gasteiger partial charge in [-0.15, -0.1) is 23.2 Å². The predicted molar refractivity (Wildman–Crippen MR) is 350 cm³/mol. The zero-order chi connectivity index (χ0) is 66.8. The maximum absolute atomic E-state index is 14.6. The third-order valence-corrected chi connectivity index (χ3v) is 17.5. The van der Waals surface area contributed by atoms with Crippen LogP contribution in [-0.4, -0.2) is 88.1 Å². The van der Waals surface area contributed by atoms with Crippen molar-refractivity contribution in [1.82, 2.24) is 0 Å². The van der Waals surface area contributed by atoms with E-state index < -0.39 is 86.3 Å². The van der Waals surface area contributed by atoms with Crippen LogP contribution < -0.4 is 29.5 Å². The maximum atomic E-state index is 14.6. The number of nitro groups is 2. The predicted octanol–water partition coefficient (Wildman–Crippen LogP) is 13.8. The summed E-state index contributed by atoms with van der Waals surface area (Å²) in [6.45, 7) is -0.565. The van der Waals surface area contributed by atoms with Gasteiger partial charge in [-0.25, -0.2) is 9.59 Å². The van der Waals surface area contributed by atoms with Crippen LogP contribution in [0.3, 0.4) is 0 Å². The summed E-state index contributed by atoms with van der Waals surface area (Å²) in [5.74, 6) is -1.62. The highest BCUT2D eigenvalue weighted by atomic mass is 35.5. The van der Waals surface area contributed by atoms with Crippen LogP contribution in [0.1, 0.15) is 55.2 Å². The van der Waals surface area contributed by atoms with Gasteiger partial charge in [0, 0.05) is 81.5 Å². The monoisotopic (exact) mass is 1370 g/mol. The fourth-order valence-corrected chi connectivity index (χ4v) is 13.2. The summed E-state index contributed by atoms with van der Waals surface area (Å²) in [7, 11) is -9.88. The highest BCUT2D eigenvalue weighted by molar-refractivity contribution is 7.54. The molecule has 5 heterocycles. The number of hydrogen-bond acceptors (Lipinski definition) is 21. The lowest BCUT2D eigenvalue weighted by Gasteiger charge is -2.18. The number of amides is 4. The summed E-state index contributed by atoms with van der Waals surface area (Å²) >= 11 is 13.2. The summed E-state index contributed by atoms with van der Waals surface area (Å²) < 4.78 is 38.9. The number of ether oxygens (including phenoxy) is 2. The van der Waals surface area contributed by atoms with Gasteiger partial charge in [-0.1, -0.05) is 48.5 Å². The lowest BCUT2D eigenvalue weighted by molar-refractivity contribution is -0.385. The van der Waals surface area contributed by atoms with Gasteiger partial charge in [0.25, 0.3) is 23.3 Å². The second-order valence-corrected chi connectivity index (χ2v) is 25.0. The SMILES string of the molecule is O=C(Nc1cc2c(c3ccccc13)C(CCl)CN2C(=O)c1cc2cc(-c3ccc(-c4ccc5oc(C(=O)N6CC(CCl)c7c6cc(NC(=O)OCc6ccc([N+](=O)[O-])c(O[P+](O)(O)O)c6)c6ccccc76)cc5c4)o3)ccc2o1)OCc1ccc([N+](=O)[O-])c(O[P+](O)(O)O)c1. The van der Waals surface area contributed by atoms with E-state index in [0.29, 0.717) is 77.5 Å². The number of nitrogens with one attached hydrogen (secondary N) is 2. The number of anilines is 4. The number of alkyl halides is 2. The van der Waals surface area contributed by atoms with Gasteiger partial charge in [0.15, 0.2) is 11.5 Å². The minimum Gasteiger partial charge on any atom is -0.456 e. The number of furan rings is 3. The van der Waals surface area contributed by atoms with Crippen molar-refractivity contribution in [2.24, 2.45) is 0 Å². The van der Waals surface area contributed by atoms with Gasteiger partial charge in [0.05, 0.1) is 32.6 Å². The van der Waals surface area contributed by atoms with E-state index in [1.807, 2.05) is 36.4 Å². The Kier molecular flexibility index (Phi) is 16.8. The van der Waals surface area contributed by atoms with Crippen LogP contribution in [0.15, 0.2) is 171 Å². The van der Waals surface area contributed by atoms with Crippen LogP contribution in [0.4, 0.5) is 43.7 Å². The molecule has 482 valence electrons. The molecule has 0 spiro atoms. The van der Waals surface area contributed by atoms with Gasteiger partial charge >= 0.3 is 39.9 Å². The molecule has 4 amide bonds. The van der Waals surface area contributed by atoms with Crippen molar-refractivity contribution in [3.63, 3.8) is 0 Å². The number of nitrogens with zero attached hydrogens (tertiary/aromatic N) is 4. The van der Waals surface area contributed by atoms with Crippen molar-refractivity contribution < 1.29 is 90.2 Å². The second kappa shape index (κ2) is 25.2. The van der Waals surface area contributed by atoms with E-state index in [2.05, 4.69) is 19.7 Å². The zero-order valence-electron chi connectivity index (χ0n) is 48.7. The molecule has 31 heteroatoms. The highest BCUT2D eigenvalue weighted by Gasteiger charge is 2.41. The molecule has 0 saturated heterocycles. The van der Waals surface area contributed by atoms with Gasteiger partial charge in [0.1, 0.15) is 35.9 Å². The number of fused-ring (bicyclic) bond motifs is 8. The topological polar surface area (TPSA) is 383 Å².